The maximum Gasteiger partial charge on any atom is 0.321 e. The molecule has 2 amide bonds. The summed E-state index contributed by atoms with van der Waals surface area (Å²) >= 11 is 0. The highest BCUT2D eigenvalue weighted by Crippen LogP contribution is 2.43. The van der Waals surface area contributed by atoms with Crippen LogP contribution in [0.5, 0.6) is 0 Å². The van der Waals surface area contributed by atoms with Gasteiger partial charge in [0.05, 0.1) is 12.1 Å². The Morgan fingerprint density at radius 3 is 2.57 bits per heavy atom. The molecule has 146 valence electrons. The molecule has 2 aromatic carbocycles. The van der Waals surface area contributed by atoms with Crippen LogP contribution < -0.4 is 0 Å². The highest BCUT2D eigenvalue weighted by atomic mass is 19.1. The summed E-state index contributed by atoms with van der Waals surface area (Å²) in [6.45, 7) is 1.81. The number of hydrogen-bond acceptors (Lipinski definition) is 2. The minimum Gasteiger partial charge on any atom is -0.321 e. The van der Waals surface area contributed by atoms with Gasteiger partial charge in [-0.2, -0.15) is 0 Å². The van der Waals surface area contributed by atoms with Crippen LogP contribution in [0.2, 0.25) is 0 Å². The van der Waals surface area contributed by atoms with Crippen molar-refractivity contribution in [2.24, 2.45) is 0 Å². The smallest absolute Gasteiger partial charge is 0.321 e. The number of likely N-dealkylation sites (N-methyl/N-ethyl adjacent to an activating group) is 1. The number of benzene rings is 2. The van der Waals surface area contributed by atoms with Gasteiger partial charge in [0.1, 0.15) is 11.6 Å². The molecule has 4 rings (SSSR count). The summed E-state index contributed by atoms with van der Waals surface area (Å²) in [6, 6.07) is 12.5. The summed E-state index contributed by atoms with van der Waals surface area (Å²) in [4.78, 5) is 18.8. The molecule has 0 radical (unpaired) electrons. The lowest BCUT2D eigenvalue weighted by molar-refractivity contribution is 0.181. The number of carbonyl (C=O) groups is 1. The molecule has 0 aromatic heterocycles. The zero-order valence-corrected chi connectivity index (χ0v) is 16.0. The molecule has 2 atom stereocenters. The second-order valence-corrected chi connectivity index (χ2v) is 7.56. The molecule has 2 heterocycles. The van der Waals surface area contributed by atoms with Crippen molar-refractivity contribution in [1.82, 2.24) is 14.7 Å². The van der Waals surface area contributed by atoms with Gasteiger partial charge in [-0.3, -0.25) is 0 Å². The van der Waals surface area contributed by atoms with Crippen LogP contribution in [-0.2, 0) is 0 Å². The van der Waals surface area contributed by atoms with Crippen LogP contribution in [0, 0.1) is 11.6 Å². The quantitative estimate of drug-likeness (QED) is 0.786. The van der Waals surface area contributed by atoms with Crippen molar-refractivity contribution in [3.8, 4) is 0 Å². The lowest BCUT2D eigenvalue weighted by atomic mass is 9.98. The van der Waals surface area contributed by atoms with Gasteiger partial charge in [0, 0.05) is 25.2 Å². The molecule has 0 aliphatic carbocycles. The topological polar surface area (TPSA) is 26.8 Å². The molecule has 2 aliphatic heterocycles. The fraction of sp³-hybridized carbons (Fsp3) is 0.318. The molecule has 2 aliphatic rings. The predicted octanol–water partition coefficient (Wildman–Crippen LogP) is 3.77. The number of urea groups is 1. The van der Waals surface area contributed by atoms with Gasteiger partial charge in [-0.1, -0.05) is 36.4 Å². The molecule has 0 bridgehead atoms. The Labute approximate surface area is 163 Å². The zero-order valence-electron chi connectivity index (χ0n) is 16.0. The molecule has 0 unspecified atom stereocenters. The van der Waals surface area contributed by atoms with E-state index in [1.165, 1.54) is 6.07 Å². The third kappa shape index (κ3) is 3.29. The van der Waals surface area contributed by atoms with Gasteiger partial charge >= 0.3 is 6.03 Å². The molecular formula is C22H23F2N3O. The number of nitrogens with zero attached hydrogens (tertiary/aromatic N) is 3. The van der Waals surface area contributed by atoms with Crippen LogP contribution in [-0.4, -0.2) is 60.5 Å². The first kappa shape index (κ1) is 18.6. The van der Waals surface area contributed by atoms with Crippen LogP contribution >= 0.6 is 0 Å². The number of hydrogen-bond donors (Lipinski definition) is 0. The second kappa shape index (κ2) is 7.36. The highest BCUT2D eigenvalue weighted by molar-refractivity contribution is 5.87. The minimum absolute atomic E-state index is 0.0660. The Morgan fingerprint density at radius 2 is 1.86 bits per heavy atom. The molecule has 1 fully saturated rings. The summed E-state index contributed by atoms with van der Waals surface area (Å²) < 4.78 is 28.4. The fourth-order valence-corrected chi connectivity index (χ4v) is 4.00. The number of rotatable bonds is 5. The van der Waals surface area contributed by atoms with Gasteiger partial charge in [-0.05, 0) is 43.4 Å². The van der Waals surface area contributed by atoms with E-state index in [4.69, 9.17) is 0 Å². The largest absolute Gasteiger partial charge is 0.321 e. The third-order valence-electron chi connectivity index (χ3n) is 5.41. The van der Waals surface area contributed by atoms with Gasteiger partial charge in [-0.15, -0.1) is 0 Å². The van der Waals surface area contributed by atoms with E-state index >= 15 is 0 Å². The number of carbonyl (C=O) groups excluding carboxylic acids is 1. The van der Waals surface area contributed by atoms with Crippen LogP contribution in [0.3, 0.4) is 0 Å². The monoisotopic (exact) mass is 383 g/mol. The van der Waals surface area contributed by atoms with E-state index in [2.05, 4.69) is 0 Å². The summed E-state index contributed by atoms with van der Waals surface area (Å²) in [5.41, 5.74) is 1.87. The van der Waals surface area contributed by atoms with Crippen molar-refractivity contribution in [1.29, 1.82) is 0 Å². The van der Waals surface area contributed by atoms with E-state index < -0.39 is 11.6 Å². The molecule has 28 heavy (non-hydrogen) atoms. The molecule has 4 nitrogen and oxygen atoms in total. The number of fused-ring (bicyclic) bond motifs is 1. The van der Waals surface area contributed by atoms with Gasteiger partial charge in [-0.25, -0.2) is 13.6 Å². The van der Waals surface area contributed by atoms with Gasteiger partial charge in [0.15, 0.2) is 0 Å². The fourth-order valence-electron chi connectivity index (χ4n) is 4.00. The Morgan fingerprint density at radius 1 is 1.11 bits per heavy atom. The molecule has 1 saturated heterocycles. The Kier molecular flexibility index (Phi) is 4.89. The molecular weight excluding hydrogens is 360 g/mol. The van der Waals surface area contributed by atoms with Crippen LogP contribution in [0.25, 0.3) is 5.57 Å². The lowest BCUT2D eigenvalue weighted by Crippen LogP contribution is -2.37. The Bertz CT molecular complexity index is 913. The minimum atomic E-state index is -0.485. The van der Waals surface area contributed by atoms with Gasteiger partial charge in [0.25, 0.3) is 0 Å². The predicted molar refractivity (Wildman–Crippen MR) is 105 cm³/mol. The SMILES string of the molecule is CN(C)CCN1C[C@H]2C(c3cc(F)ccc3F)=C[C@@H](c3ccccc3)N2C1=O. The molecule has 0 spiro atoms. The number of halogens is 2. The van der Waals surface area contributed by atoms with Crippen LogP contribution in [0.1, 0.15) is 17.2 Å². The van der Waals surface area contributed by atoms with E-state index in [0.717, 1.165) is 24.2 Å². The first-order valence-corrected chi connectivity index (χ1v) is 9.40. The summed E-state index contributed by atoms with van der Waals surface area (Å²) in [5.74, 6) is -0.957. The van der Waals surface area contributed by atoms with E-state index in [1.807, 2.05) is 55.4 Å². The maximum absolute atomic E-state index is 14.5. The summed E-state index contributed by atoms with van der Waals surface area (Å²) in [5, 5.41) is 0. The van der Waals surface area contributed by atoms with Crippen molar-refractivity contribution in [2.45, 2.75) is 12.1 Å². The third-order valence-corrected chi connectivity index (χ3v) is 5.41. The average Bonchev–Trinajstić information content (AvgIpc) is 3.20. The first-order valence-electron chi connectivity index (χ1n) is 9.40. The standard InChI is InChI=1S/C22H23F2N3O/c1-25(2)10-11-26-14-21-18(17-12-16(23)8-9-19(17)24)13-20(27(21)22(26)28)15-6-4-3-5-7-15/h3-9,12-13,20-21H,10-11,14H2,1-2H3/t20-,21-/m0/s1. The van der Waals surface area contributed by atoms with E-state index in [9.17, 15) is 13.6 Å². The van der Waals surface area contributed by atoms with E-state index in [1.54, 1.807) is 9.80 Å². The summed E-state index contributed by atoms with van der Waals surface area (Å²) in [6.07, 6.45) is 1.90. The van der Waals surface area contributed by atoms with E-state index in [0.29, 0.717) is 18.7 Å². The van der Waals surface area contributed by atoms with Crippen LogP contribution in [0.4, 0.5) is 13.6 Å². The molecule has 6 heteroatoms. The normalized spacial score (nSPS) is 21.5. The van der Waals surface area contributed by atoms with Crippen molar-refractivity contribution in [3.05, 3.63) is 77.4 Å². The van der Waals surface area contributed by atoms with Crippen molar-refractivity contribution in [2.75, 3.05) is 33.7 Å². The number of amides is 2. The van der Waals surface area contributed by atoms with E-state index in [-0.39, 0.29) is 23.7 Å². The van der Waals surface area contributed by atoms with Crippen molar-refractivity contribution >= 4 is 11.6 Å². The average molecular weight is 383 g/mol. The lowest BCUT2D eigenvalue weighted by Gasteiger charge is -2.25. The van der Waals surface area contributed by atoms with Crippen molar-refractivity contribution in [3.63, 3.8) is 0 Å². The molecule has 0 saturated carbocycles. The second-order valence-electron chi connectivity index (χ2n) is 7.56. The Balaban J connectivity index is 1.74. The summed E-state index contributed by atoms with van der Waals surface area (Å²) in [7, 11) is 3.92. The molecule has 0 N–H and O–H groups in total. The van der Waals surface area contributed by atoms with Crippen LogP contribution in [0.15, 0.2) is 54.6 Å². The Hall–Kier alpha value is -2.73. The maximum atomic E-state index is 14.5. The zero-order chi connectivity index (χ0) is 19.8. The van der Waals surface area contributed by atoms with Crippen molar-refractivity contribution < 1.29 is 13.6 Å². The highest BCUT2D eigenvalue weighted by Gasteiger charge is 2.47. The van der Waals surface area contributed by atoms with Gasteiger partial charge < -0.3 is 14.7 Å². The van der Waals surface area contributed by atoms with Gasteiger partial charge in [0.2, 0.25) is 0 Å². The first-order chi connectivity index (χ1) is 13.5. The molecule has 2 aromatic rings.